The average Bonchev–Trinajstić information content (AvgIpc) is 3.18. The molecule has 0 unspecified atom stereocenters. The third-order valence-electron chi connectivity index (χ3n) is 5.42. The van der Waals surface area contributed by atoms with E-state index in [2.05, 4.69) is 4.90 Å². The van der Waals surface area contributed by atoms with E-state index in [1.807, 2.05) is 55.1 Å². The molecule has 2 aromatic carbocycles. The Balaban J connectivity index is 1.62. The van der Waals surface area contributed by atoms with Gasteiger partial charge in [0.2, 0.25) is 0 Å². The van der Waals surface area contributed by atoms with Crippen molar-refractivity contribution in [3.05, 3.63) is 58.1 Å². The van der Waals surface area contributed by atoms with Gasteiger partial charge in [0.05, 0.1) is 22.9 Å². The van der Waals surface area contributed by atoms with Gasteiger partial charge in [-0.15, -0.1) is 0 Å². The van der Waals surface area contributed by atoms with Crippen LogP contribution in [-0.4, -0.2) is 55.2 Å². The largest absolute Gasteiger partial charge is 0.379 e. The first kappa shape index (κ1) is 21.2. The molecule has 0 atom stereocenters. The van der Waals surface area contributed by atoms with Crippen molar-refractivity contribution in [3.63, 3.8) is 0 Å². The summed E-state index contributed by atoms with van der Waals surface area (Å²) >= 11 is 7.86. The topological polar surface area (TPSA) is 45.7 Å². The Bertz CT molecular complexity index is 1050. The molecule has 1 fully saturated rings. The lowest BCUT2D eigenvalue weighted by Gasteiger charge is -2.28. The number of aryl methyl sites for hydroxylation is 2. The van der Waals surface area contributed by atoms with Gasteiger partial charge in [0.1, 0.15) is 5.52 Å². The molecule has 1 aliphatic rings. The summed E-state index contributed by atoms with van der Waals surface area (Å²) in [5.41, 5.74) is 3.53. The Labute approximate surface area is 186 Å². The number of hydrogen-bond acceptors (Lipinski definition) is 5. The van der Waals surface area contributed by atoms with Gasteiger partial charge in [0.25, 0.3) is 5.91 Å². The van der Waals surface area contributed by atoms with Crippen LogP contribution in [0, 0.1) is 13.8 Å². The standard InChI is InChI=1S/C23H26ClN3O2S/c1-16-7-8-17(2)18(15-16)22(28)27(10-4-9-26-11-13-29-14-12-26)23-25-21-19(24)5-3-6-20(21)30-23/h3,5-8,15H,4,9-14H2,1-2H3. The van der Waals surface area contributed by atoms with Gasteiger partial charge in [-0.2, -0.15) is 0 Å². The zero-order valence-electron chi connectivity index (χ0n) is 17.4. The van der Waals surface area contributed by atoms with E-state index in [0.29, 0.717) is 16.7 Å². The molecule has 4 rings (SSSR count). The zero-order chi connectivity index (χ0) is 21.1. The number of benzene rings is 2. The number of para-hydroxylation sites is 1. The van der Waals surface area contributed by atoms with Crippen LogP contribution in [-0.2, 0) is 4.74 Å². The number of thiazole rings is 1. The summed E-state index contributed by atoms with van der Waals surface area (Å²) in [6.07, 6.45) is 0.875. The fourth-order valence-electron chi connectivity index (χ4n) is 3.69. The van der Waals surface area contributed by atoms with E-state index >= 15 is 0 Å². The molecule has 0 bridgehead atoms. The van der Waals surface area contributed by atoms with E-state index in [9.17, 15) is 4.79 Å². The van der Waals surface area contributed by atoms with Crippen LogP contribution in [0.3, 0.4) is 0 Å². The van der Waals surface area contributed by atoms with Crippen molar-refractivity contribution in [2.24, 2.45) is 0 Å². The maximum Gasteiger partial charge on any atom is 0.260 e. The number of aromatic nitrogens is 1. The second kappa shape index (κ2) is 9.43. The van der Waals surface area contributed by atoms with Crippen LogP contribution in [0.4, 0.5) is 5.13 Å². The number of carbonyl (C=O) groups excluding carboxylic acids is 1. The number of ether oxygens (including phenoxy) is 1. The lowest BCUT2D eigenvalue weighted by molar-refractivity contribution is 0.0376. The lowest BCUT2D eigenvalue weighted by atomic mass is 10.0. The van der Waals surface area contributed by atoms with Crippen LogP contribution in [0.2, 0.25) is 5.02 Å². The Kier molecular flexibility index (Phi) is 6.68. The van der Waals surface area contributed by atoms with Gasteiger partial charge in [0, 0.05) is 31.7 Å². The van der Waals surface area contributed by atoms with Gasteiger partial charge >= 0.3 is 0 Å². The van der Waals surface area contributed by atoms with E-state index in [-0.39, 0.29) is 5.91 Å². The number of carbonyl (C=O) groups is 1. The number of morpholine rings is 1. The van der Waals surface area contributed by atoms with Crippen molar-refractivity contribution in [2.75, 3.05) is 44.3 Å². The molecule has 1 aliphatic heterocycles. The van der Waals surface area contributed by atoms with E-state index in [0.717, 1.165) is 66.2 Å². The Hall–Kier alpha value is -1.99. The fourth-order valence-corrected chi connectivity index (χ4v) is 4.98. The summed E-state index contributed by atoms with van der Waals surface area (Å²) in [7, 11) is 0. The highest BCUT2D eigenvalue weighted by atomic mass is 35.5. The van der Waals surface area contributed by atoms with Crippen molar-refractivity contribution >= 4 is 44.2 Å². The molecule has 3 aromatic rings. The number of rotatable bonds is 6. The normalized spacial score (nSPS) is 14.9. The number of halogens is 1. The second-order valence-electron chi connectivity index (χ2n) is 7.67. The smallest absolute Gasteiger partial charge is 0.260 e. The van der Waals surface area contributed by atoms with Gasteiger partial charge < -0.3 is 4.74 Å². The Morgan fingerprint density at radius 3 is 2.80 bits per heavy atom. The SMILES string of the molecule is Cc1ccc(C)c(C(=O)N(CCCN2CCOCC2)c2nc3c(Cl)cccc3s2)c1. The van der Waals surface area contributed by atoms with Crippen molar-refractivity contribution < 1.29 is 9.53 Å². The monoisotopic (exact) mass is 443 g/mol. The highest BCUT2D eigenvalue weighted by Crippen LogP contribution is 2.33. The third-order valence-corrected chi connectivity index (χ3v) is 6.77. The maximum absolute atomic E-state index is 13.6. The highest BCUT2D eigenvalue weighted by Gasteiger charge is 2.23. The van der Waals surface area contributed by atoms with Gasteiger partial charge in [-0.3, -0.25) is 14.6 Å². The predicted molar refractivity (Wildman–Crippen MR) is 124 cm³/mol. The molecule has 1 aromatic heterocycles. The van der Waals surface area contributed by atoms with Gasteiger partial charge in [-0.25, -0.2) is 4.98 Å². The molecular formula is C23H26ClN3O2S. The van der Waals surface area contributed by atoms with E-state index in [1.54, 1.807) is 0 Å². The first-order chi connectivity index (χ1) is 14.5. The van der Waals surface area contributed by atoms with Gasteiger partial charge in [-0.1, -0.05) is 46.7 Å². The number of amides is 1. The first-order valence-electron chi connectivity index (χ1n) is 10.3. The number of fused-ring (bicyclic) bond motifs is 1. The third kappa shape index (κ3) is 4.67. The summed E-state index contributed by atoms with van der Waals surface area (Å²) in [6, 6.07) is 11.8. The number of nitrogens with zero attached hydrogens (tertiary/aromatic N) is 3. The van der Waals surface area contributed by atoms with Crippen molar-refractivity contribution in [1.29, 1.82) is 0 Å². The van der Waals surface area contributed by atoms with Crippen molar-refractivity contribution in [2.45, 2.75) is 20.3 Å². The molecule has 1 saturated heterocycles. The van der Waals surface area contributed by atoms with Gasteiger partial charge in [-0.05, 0) is 44.0 Å². The minimum Gasteiger partial charge on any atom is -0.379 e. The molecule has 30 heavy (non-hydrogen) atoms. The van der Waals surface area contributed by atoms with Crippen LogP contribution in [0.15, 0.2) is 36.4 Å². The van der Waals surface area contributed by atoms with Crippen LogP contribution in [0.5, 0.6) is 0 Å². The molecule has 0 aliphatic carbocycles. The Morgan fingerprint density at radius 2 is 2.03 bits per heavy atom. The highest BCUT2D eigenvalue weighted by molar-refractivity contribution is 7.22. The van der Waals surface area contributed by atoms with Crippen molar-refractivity contribution in [3.8, 4) is 0 Å². The fraction of sp³-hybridized carbons (Fsp3) is 0.391. The summed E-state index contributed by atoms with van der Waals surface area (Å²) in [5, 5.41) is 1.31. The van der Waals surface area contributed by atoms with Crippen LogP contribution < -0.4 is 4.90 Å². The molecule has 5 nitrogen and oxygen atoms in total. The zero-order valence-corrected chi connectivity index (χ0v) is 18.9. The summed E-state index contributed by atoms with van der Waals surface area (Å²) in [5.74, 6) is -0.00615. The van der Waals surface area contributed by atoms with E-state index < -0.39 is 0 Å². The lowest BCUT2D eigenvalue weighted by Crippen LogP contribution is -2.39. The molecule has 0 saturated carbocycles. The summed E-state index contributed by atoms with van der Waals surface area (Å²) in [4.78, 5) is 22.5. The number of hydrogen-bond donors (Lipinski definition) is 0. The molecule has 0 spiro atoms. The molecule has 0 N–H and O–H groups in total. The van der Waals surface area contributed by atoms with Crippen LogP contribution in [0.1, 0.15) is 27.9 Å². The van der Waals surface area contributed by atoms with Crippen molar-refractivity contribution in [1.82, 2.24) is 9.88 Å². The predicted octanol–water partition coefficient (Wildman–Crippen LogP) is 4.94. The average molecular weight is 444 g/mol. The minimum atomic E-state index is -0.00615. The quantitative estimate of drug-likeness (QED) is 0.541. The maximum atomic E-state index is 13.6. The minimum absolute atomic E-state index is 0.00615. The molecule has 2 heterocycles. The first-order valence-corrected chi connectivity index (χ1v) is 11.5. The number of anilines is 1. The molecule has 1 amide bonds. The molecule has 7 heteroatoms. The summed E-state index contributed by atoms with van der Waals surface area (Å²) in [6.45, 7) is 8.99. The van der Waals surface area contributed by atoms with E-state index in [4.69, 9.17) is 21.3 Å². The summed E-state index contributed by atoms with van der Waals surface area (Å²) < 4.78 is 6.42. The Morgan fingerprint density at radius 1 is 1.23 bits per heavy atom. The molecule has 0 radical (unpaired) electrons. The van der Waals surface area contributed by atoms with Crippen LogP contribution in [0.25, 0.3) is 10.2 Å². The second-order valence-corrected chi connectivity index (χ2v) is 9.08. The van der Waals surface area contributed by atoms with E-state index in [1.165, 1.54) is 11.3 Å². The van der Waals surface area contributed by atoms with Gasteiger partial charge in [0.15, 0.2) is 5.13 Å². The molecular weight excluding hydrogens is 418 g/mol. The molecule has 158 valence electrons. The van der Waals surface area contributed by atoms with Crippen LogP contribution >= 0.6 is 22.9 Å².